The number of carbonyl (C=O) groups is 3. The lowest BCUT2D eigenvalue weighted by atomic mass is 9.33. The maximum absolute atomic E-state index is 13.8. The molecule has 5 aliphatic carbocycles. The third-order valence-corrected chi connectivity index (χ3v) is 19.1. The molecule has 0 aromatic carbocycles. The molecular formula is C48H74O19. The molecule has 9 N–H and O–H groups in total. The van der Waals surface area contributed by atoms with E-state index in [1.165, 1.54) is 12.7 Å². The van der Waals surface area contributed by atoms with Gasteiger partial charge in [-0.25, -0.2) is 4.79 Å². The Hall–Kier alpha value is -2.21. The van der Waals surface area contributed by atoms with Gasteiger partial charge in [0, 0.05) is 0 Å². The minimum Gasteiger partial charge on any atom is -0.479 e. The SMILES string of the molecule is COC(=O)[C@]12CCC(C)(C)C[C@H]1C1=CC[C@@H]3[C@@]4(C)CC[C@H](O[C@@H]5O[C@H](C(=O)O)[C@@H](O)[C@H](O[C@@H]6OC[C@@H](O)[C@H](O)[C@H]6O)[C@H]5O[C@@H]5O[C@H](CO)[C@H](O)[C@H](O)[C@H]5O)[C@@](C)(C=O)[C@@H]4CC[C@@]3(C)[C@]1(C)CC2. The number of esters is 1. The number of fused-ring (bicyclic) bond motifs is 7. The Morgan fingerprint density at radius 3 is 2.07 bits per heavy atom. The van der Waals surface area contributed by atoms with E-state index in [1.807, 2.05) is 6.92 Å². The minimum atomic E-state index is -2.11. The van der Waals surface area contributed by atoms with Crippen LogP contribution in [0.25, 0.3) is 0 Å². The largest absolute Gasteiger partial charge is 0.479 e. The van der Waals surface area contributed by atoms with E-state index < -0.39 is 128 Å². The molecular weight excluding hydrogens is 881 g/mol. The minimum absolute atomic E-state index is 0.0503. The number of methoxy groups -OCH3 is 1. The number of hydrogen-bond acceptors (Lipinski definition) is 18. The number of rotatable bonds is 10. The van der Waals surface area contributed by atoms with Gasteiger partial charge in [-0.2, -0.15) is 0 Å². The summed E-state index contributed by atoms with van der Waals surface area (Å²) in [4.78, 5) is 40.4. The molecule has 0 spiro atoms. The van der Waals surface area contributed by atoms with Crippen molar-refractivity contribution in [1.29, 1.82) is 0 Å². The number of hydrogen-bond donors (Lipinski definition) is 9. The van der Waals surface area contributed by atoms with Crippen LogP contribution < -0.4 is 0 Å². The molecule has 0 amide bonds. The molecule has 0 bridgehead atoms. The predicted octanol–water partition coefficient (Wildman–Crippen LogP) is 0.705. The monoisotopic (exact) mass is 954 g/mol. The van der Waals surface area contributed by atoms with Crippen molar-refractivity contribution in [3.05, 3.63) is 11.6 Å². The molecule has 19 heteroatoms. The summed E-state index contributed by atoms with van der Waals surface area (Å²) < 4.78 is 41.6. The first-order chi connectivity index (χ1) is 31.4. The third-order valence-electron chi connectivity index (χ3n) is 19.1. The summed E-state index contributed by atoms with van der Waals surface area (Å²) in [7, 11) is 1.49. The molecule has 8 aliphatic rings. The van der Waals surface area contributed by atoms with Crippen LogP contribution in [0.1, 0.15) is 106 Å². The van der Waals surface area contributed by atoms with E-state index in [1.54, 1.807) is 0 Å². The van der Waals surface area contributed by atoms with Gasteiger partial charge >= 0.3 is 11.9 Å². The molecule has 0 aromatic rings. The highest BCUT2D eigenvalue weighted by molar-refractivity contribution is 5.78. The molecule has 19 nitrogen and oxygen atoms in total. The Morgan fingerprint density at radius 1 is 0.746 bits per heavy atom. The van der Waals surface area contributed by atoms with Gasteiger partial charge in [-0.3, -0.25) is 4.79 Å². The average Bonchev–Trinajstić information content (AvgIpc) is 3.28. The van der Waals surface area contributed by atoms with Crippen LogP contribution >= 0.6 is 0 Å². The van der Waals surface area contributed by atoms with E-state index in [4.69, 9.17) is 33.2 Å². The molecule has 380 valence electrons. The lowest BCUT2D eigenvalue weighted by molar-refractivity contribution is -0.391. The molecule has 67 heavy (non-hydrogen) atoms. The lowest BCUT2D eigenvalue weighted by Gasteiger charge is -2.71. The zero-order chi connectivity index (χ0) is 49.0. The van der Waals surface area contributed by atoms with Crippen molar-refractivity contribution >= 4 is 18.2 Å². The summed E-state index contributed by atoms with van der Waals surface area (Å²) in [5.41, 5.74) is -1.21. The normalized spacial score (nSPS) is 52.9. The Kier molecular flexibility index (Phi) is 13.8. The summed E-state index contributed by atoms with van der Waals surface area (Å²) in [6.07, 6.45) is -16.1. The van der Waals surface area contributed by atoms with Gasteiger partial charge < -0.3 is 83.9 Å². The zero-order valence-corrected chi connectivity index (χ0v) is 39.6. The van der Waals surface area contributed by atoms with E-state index in [0.29, 0.717) is 12.8 Å². The number of ether oxygens (including phenoxy) is 7. The van der Waals surface area contributed by atoms with Crippen molar-refractivity contribution in [2.75, 3.05) is 20.3 Å². The summed E-state index contributed by atoms with van der Waals surface area (Å²) in [6.45, 7) is 12.1. The molecule has 23 atom stereocenters. The van der Waals surface area contributed by atoms with Crippen LogP contribution in [0.3, 0.4) is 0 Å². The summed E-state index contributed by atoms with van der Waals surface area (Å²) in [5.74, 6) is -1.84. The van der Waals surface area contributed by atoms with Gasteiger partial charge in [0.15, 0.2) is 25.0 Å². The van der Waals surface area contributed by atoms with Crippen LogP contribution in [0.4, 0.5) is 0 Å². The van der Waals surface area contributed by atoms with Gasteiger partial charge in [0.2, 0.25) is 0 Å². The van der Waals surface area contributed by atoms with Gasteiger partial charge in [0.25, 0.3) is 0 Å². The van der Waals surface area contributed by atoms with Crippen molar-refractivity contribution in [1.82, 2.24) is 0 Å². The first kappa shape index (κ1) is 51.2. The van der Waals surface area contributed by atoms with Crippen molar-refractivity contribution < 1.29 is 93.5 Å². The number of carbonyl (C=O) groups excluding carboxylic acids is 2. The number of allylic oxidation sites excluding steroid dienone is 2. The van der Waals surface area contributed by atoms with Crippen molar-refractivity contribution in [3.63, 3.8) is 0 Å². The highest BCUT2D eigenvalue weighted by Crippen LogP contribution is 2.76. The van der Waals surface area contributed by atoms with E-state index in [0.717, 1.165) is 51.2 Å². The maximum atomic E-state index is 13.8. The van der Waals surface area contributed by atoms with Crippen LogP contribution in [-0.2, 0) is 47.5 Å². The second-order valence-corrected chi connectivity index (χ2v) is 22.9. The fourth-order valence-corrected chi connectivity index (χ4v) is 14.9. The van der Waals surface area contributed by atoms with Gasteiger partial charge in [-0.1, -0.05) is 53.2 Å². The standard InChI is InChI=1S/C48H74O19/c1-43(2)14-16-48(42(60)61-7)17-15-46(5)22(23(48)18-43)8-9-27-44(3)12-11-28(45(4,21-50)26(44)10-13-47(27,46)6)64-41-37(67-40-33(56)31(54)30(53)25(19-49)63-40)35(34(57)36(66-41)38(58)59)65-39-32(55)29(52)24(51)20-62-39/h8,21,23-37,39-41,49,51-57H,9-20H2,1-7H3,(H,58,59)/t23-,24+,25+,26+,27+,28-,29-,30-,31-,32+,33+,34-,35-,36-,37+,39-,40-,41+,44-,45-,46+,47+,48-/m0/s1. The lowest BCUT2D eigenvalue weighted by Crippen LogP contribution is -2.68. The van der Waals surface area contributed by atoms with E-state index in [9.17, 15) is 60.3 Å². The third kappa shape index (κ3) is 7.97. The second kappa shape index (κ2) is 18.1. The van der Waals surface area contributed by atoms with Gasteiger partial charge in [0.1, 0.15) is 67.3 Å². The molecule has 0 aromatic heterocycles. The second-order valence-electron chi connectivity index (χ2n) is 22.9. The molecule has 7 fully saturated rings. The number of carboxylic acids is 1. The van der Waals surface area contributed by atoms with Crippen LogP contribution in [0.2, 0.25) is 0 Å². The number of aliphatic hydroxyl groups excluding tert-OH is 8. The Balaban J connectivity index is 1.12. The Morgan fingerprint density at radius 2 is 1.42 bits per heavy atom. The highest BCUT2D eigenvalue weighted by Gasteiger charge is 2.70. The van der Waals surface area contributed by atoms with Gasteiger partial charge in [0.05, 0.1) is 37.3 Å². The van der Waals surface area contributed by atoms with Gasteiger partial charge in [-0.05, 0) is 104 Å². The molecule has 3 aliphatic heterocycles. The molecule has 3 saturated heterocycles. The van der Waals surface area contributed by atoms with E-state index in [2.05, 4.69) is 40.7 Å². The van der Waals surface area contributed by atoms with E-state index >= 15 is 0 Å². The van der Waals surface area contributed by atoms with Crippen LogP contribution in [-0.4, -0.2) is 177 Å². The summed E-state index contributed by atoms with van der Waals surface area (Å²) in [5, 5.41) is 95.7. The average molecular weight is 955 g/mol. The molecule has 3 heterocycles. The first-order valence-electron chi connectivity index (χ1n) is 24.1. The molecule has 4 saturated carbocycles. The van der Waals surface area contributed by atoms with Crippen molar-refractivity contribution in [3.8, 4) is 0 Å². The molecule has 0 unspecified atom stereocenters. The number of carboxylic acid groups (broad SMARTS) is 1. The summed E-state index contributed by atoms with van der Waals surface area (Å²) >= 11 is 0. The topological polar surface area (TPSA) is 298 Å². The molecule has 0 radical (unpaired) electrons. The van der Waals surface area contributed by atoms with Crippen molar-refractivity contribution in [2.45, 2.75) is 198 Å². The Labute approximate surface area is 391 Å². The maximum Gasteiger partial charge on any atom is 0.335 e. The highest BCUT2D eigenvalue weighted by atomic mass is 16.8. The first-order valence-corrected chi connectivity index (χ1v) is 24.1. The zero-order valence-electron chi connectivity index (χ0n) is 39.6. The number of aliphatic hydroxyl groups is 8. The van der Waals surface area contributed by atoms with Crippen LogP contribution in [0, 0.1) is 50.2 Å². The van der Waals surface area contributed by atoms with E-state index in [-0.39, 0.29) is 46.4 Å². The number of aldehydes is 1. The fraction of sp³-hybridized carbons (Fsp3) is 0.896. The quantitative estimate of drug-likeness (QED) is 0.0630. The summed E-state index contributed by atoms with van der Waals surface area (Å²) in [6, 6.07) is 0. The molecule has 8 rings (SSSR count). The van der Waals surface area contributed by atoms with Crippen LogP contribution in [0.15, 0.2) is 11.6 Å². The Bertz CT molecular complexity index is 1900. The van der Waals surface area contributed by atoms with Crippen molar-refractivity contribution in [2.24, 2.45) is 50.2 Å². The number of aliphatic carboxylic acids is 1. The predicted molar refractivity (Wildman–Crippen MR) is 230 cm³/mol. The van der Waals surface area contributed by atoms with Crippen LogP contribution in [0.5, 0.6) is 0 Å². The fourth-order valence-electron chi connectivity index (χ4n) is 14.9. The van der Waals surface area contributed by atoms with Gasteiger partial charge in [-0.15, -0.1) is 0 Å². The smallest absolute Gasteiger partial charge is 0.335 e.